The van der Waals surface area contributed by atoms with Gasteiger partial charge in [-0.25, -0.2) is 4.39 Å². The number of rotatable bonds is 9. The summed E-state index contributed by atoms with van der Waals surface area (Å²) in [6, 6.07) is 4.92. The fraction of sp³-hybridized carbons (Fsp3) is 0.600. The van der Waals surface area contributed by atoms with Gasteiger partial charge in [0.25, 0.3) is 0 Å². The second-order valence-electron chi connectivity index (χ2n) is 4.36. The van der Waals surface area contributed by atoms with E-state index in [-0.39, 0.29) is 16.9 Å². The average Bonchev–Trinajstić information content (AvgIpc) is 2.43. The van der Waals surface area contributed by atoms with Crippen molar-refractivity contribution in [3.63, 3.8) is 0 Å². The maximum atomic E-state index is 14.0. The van der Waals surface area contributed by atoms with E-state index < -0.39 is 6.29 Å². The first-order chi connectivity index (χ1) is 9.63. The molecule has 0 saturated carbocycles. The summed E-state index contributed by atoms with van der Waals surface area (Å²) in [5, 5.41) is 3.43. The molecule has 0 radical (unpaired) electrons. The Kier molecular flexibility index (Phi) is 8.07. The maximum Gasteiger partial charge on any atom is 0.172 e. The zero-order chi connectivity index (χ0) is 15.0. The van der Waals surface area contributed by atoms with E-state index in [0.717, 1.165) is 6.54 Å². The van der Waals surface area contributed by atoms with Crippen molar-refractivity contribution >= 4 is 11.6 Å². The van der Waals surface area contributed by atoms with Crippen molar-refractivity contribution in [2.24, 2.45) is 0 Å². The number of benzene rings is 1. The minimum Gasteiger partial charge on any atom is -0.351 e. The molecule has 0 saturated heterocycles. The molecule has 0 fully saturated rings. The Bertz CT molecular complexity index is 397. The van der Waals surface area contributed by atoms with Crippen LogP contribution in [0.2, 0.25) is 5.02 Å². The Morgan fingerprint density at radius 3 is 2.40 bits per heavy atom. The molecule has 0 aliphatic carbocycles. The summed E-state index contributed by atoms with van der Waals surface area (Å²) in [5.41, 5.74) is 0.563. The van der Waals surface area contributed by atoms with Crippen molar-refractivity contribution in [2.75, 3.05) is 19.8 Å². The summed E-state index contributed by atoms with van der Waals surface area (Å²) in [6.45, 7) is 7.67. The van der Waals surface area contributed by atoms with Gasteiger partial charge in [-0.3, -0.25) is 0 Å². The zero-order valence-electron chi connectivity index (χ0n) is 12.3. The highest BCUT2D eigenvalue weighted by Crippen LogP contribution is 2.20. The highest BCUT2D eigenvalue weighted by molar-refractivity contribution is 6.30. The van der Waals surface area contributed by atoms with Crippen LogP contribution in [0.15, 0.2) is 18.2 Å². The molecule has 0 aliphatic heterocycles. The van der Waals surface area contributed by atoms with Gasteiger partial charge < -0.3 is 14.8 Å². The summed E-state index contributed by atoms with van der Waals surface area (Å²) in [6.07, 6.45) is 0.0635. The average molecular weight is 304 g/mol. The van der Waals surface area contributed by atoms with E-state index in [4.69, 9.17) is 21.1 Å². The van der Waals surface area contributed by atoms with E-state index in [1.807, 2.05) is 20.8 Å². The van der Waals surface area contributed by atoms with Crippen molar-refractivity contribution in [1.82, 2.24) is 5.32 Å². The highest BCUT2D eigenvalue weighted by Gasteiger charge is 2.23. The van der Waals surface area contributed by atoms with Crippen molar-refractivity contribution in [1.29, 1.82) is 0 Å². The summed E-state index contributed by atoms with van der Waals surface area (Å²) in [5.74, 6) is -0.371. The van der Waals surface area contributed by atoms with E-state index in [1.54, 1.807) is 18.2 Å². The fourth-order valence-electron chi connectivity index (χ4n) is 2.08. The van der Waals surface area contributed by atoms with E-state index >= 15 is 0 Å². The third-order valence-electron chi connectivity index (χ3n) is 2.93. The molecule has 1 aromatic carbocycles. The molecule has 20 heavy (non-hydrogen) atoms. The summed E-state index contributed by atoms with van der Waals surface area (Å²) >= 11 is 5.82. The Hall–Kier alpha value is -0.680. The number of hydrogen-bond acceptors (Lipinski definition) is 3. The van der Waals surface area contributed by atoms with Gasteiger partial charge in [-0.2, -0.15) is 0 Å². The molecule has 0 aromatic heterocycles. The van der Waals surface area contributed by atoms with Crippen LogP contribution in [0, 0.1) is 5.82 Å². The van der Waals surface area contributed by atoms with E-state index in [9.17, 15) is 4.39 Å². The molecule has 1 aromatic rings. The van der Waals surface area contributed by atoms with Crippen LogP contribution in [-0.2, 0) is 15.9 Å². The molecule has 0 amide bonds. The topological polar surface area (TPSA) is 30.5 Å². The summed E-state index contributed by atoms with van der Waals surface area (Å²) < 4.78 is 25.2. The van der Waals surface area contributed by atoms with Crippen LogP contribution in [-0.4, -0.2) is 32.1 Å². The standard InChI is InChI=1S/C15H23ClFNO2/c1-4-18-13(15(19-5-2)20-6-3)10-11-8-7-9-12(16)14(11)17/h7-9,13,15,18H,4-6,10H2,1-3H3. The third kappa shape index (κ3) is 5.02. The first kappa shape index (κ1) is 17.4. The van der Waals surface area contributed by atoms with Gasteiger partial charge >= 0.3 is 0 Å². The largest absolute Gasteiger partial charge is 0.351 e. The monoisotopic (exact) mass is 303 g/mol. The van der Waals surface area contributed by atoms with Crippen LogP contribution in [0.1, 0.15) is 26.3 Å². The molecule has 1 N–H and O–H groups in total. The smallest absolute Gasteiger partial charge is 0.172 e. The van der Waals surface area contributed by atoms with Gasteiger partial charge in [-0.15, -0.1) is 0 Å². The molecule has 114 valence electrons. The predicted octanol–water partition coefficient (Wildman–Crippen LogP) is 3.40. The molecule has 1 atom stereocenters. The highest BCUT2D eigenvalue weighted by atomic mass is 35.5. The first-order valence-corrected chi connectivity index (χ1v) is 7.41. The Morgan fingerprint density at radius 2 is 1.85 bits per heavy atom. The molecular weight excluding hydrogens is 281 g/mol. The van der Waals surface area contributed by atoms with Crippen LogP contribution in [0.25, 0.3) is 0 Å². The van der Waals surface area contributed by atoms with Gasteiger partial charge in [0.15, 0.2) is 6.29 Å². The van der Waals surface area contributed by atoms with Crippen LogP contribution >= 0.6 is 11.6 Å². The number of ether oxygens (including phenoxy) is 2. The van der Waals surface area contributed by atoms with Crippen LogP contribution in [0.4, 0.5) is 4.39 Å². The van der Waals surface area contributed by atoms with E-state index in [0.29, 0.717) is 25.2 Å². The summed E-state index contributed by atoms with van der Waals surface area (Å²) in [7, 11) is 0. The molecule has 1 rings (SSSR count). The lowest BCUT2D eigenvalue weighted by Gasteiger charge is -2.27. The number of likely N-dealkylation sites (N-methyl/N-ethyl adjacent to an activating group) is 1. The number of nitrogens with one attached hydrogen (secondary N) is 1. The minimum atomic E-state index is -0.400. The molecule has 0 bridgehead atoms. The lowest BCUT2D eigenvalue weighted by molar-refractivity contribution is -0.153. The van der Waals surface area contributed by atoms with Gasteiger partial charge in [0.1, 0.15) is 5.82 Å². The SMILES string of the molecule is CCNC(Cc1cccc(Cl)c1F)C(OCC)OCC. The molecule has 3 nitrogen and oxygen atoms in total. The number of hydrogen-bond donors (Lipinski definition) is 1. The molecule has 1 unspecified atom stereocenters. The quantitative estimate of drug-likeness (QED) is 0.709. The predicted molar refractivity (Wildman–Crippen MR) is 79.6 cm³/mol. The van der Waals surface area contributed by atoms with E-state index in [2.05, 4.69) is 5.32 Å². The zero-order valence-corrected chi connectivity index (χ0v) is 13.0. The lowest BCUT2D eigenvalue weighted by Crippen LogP contribution is -2.44. The maximum absolute atomic E-state index is 14.0. The number of halogens is 2. The summed E-state index contributed by atoms with van der Waals surface area (Å²) in [4.78, 5) is 0. The van der Waals surface area contributed by atoms with Crippen LogP contribution < -0.4 is 5.32 Å². The second kappa shape index (κ2) is 9.29. The van der Waals surface area contributed by atoms with Crippen molar-refractivity contribution in [3.05, 3.63) is 34.6 Å². The van der Waals surface area contributed by atoms with Crippen molar-refractivity contribution in [2.45, 2.75) is 39.5 Å². The normalized spacial score (nSPS) is 12.9. The fourth-order valence-corrected chi connectivity index (χ4v) is 2.27. The van der Waals surface area contributed by atoms with Crippen LogP contribution in [0.3, 0.4) is 0 Å². The third-order valence-corrected chi connectivity index (χ3v) is 3.22. The second-order valence-corrected chi connectivity index (χ2v) is 4.77. The first-order valence-electron chi connectivity index (χ1n) is 7.03. The molecule has 5 heteroatoms. The molecule has 0 heterocycles. The van der Waals surface area contributed by atoms with Gasteiger partial charge in [0, 0.05) is 13.2 Å². The van der Waals surface area contributed by atoms with Gasteiger partial charge in [-0.05, 0) is 38.4 Å². The Morgan fingerprint density at radius 1 is 1.20 bits per heavy atom. The van der Waals surface area contributed by atoms with Gasteiger partial charge in [0.05, 0.1) is 11.1 Å². The van der Waals surface area contributed by atoms with Gasteiger partial charge in [-0.1, -0.05) is 30.7 Å². The van der Waals surface area contributed by atoms with E-state index in [1.165, 1.54) is 0 Å². The minimum absolute atomic E-state index is 0.118. The molecular formula is C15H23ClFNO2. The van der Waals surface area contributed by atoms with Gasteiger partial charge in [0.2, 0.25) is 0 Å². The lowest BCUT2D eigenvalue weighted by atomic mass is 10.0. The molecule has 0 aliphatic rings. The van der Waals surface area contributed by atoms with Crippen molar-refractivity contribution in [3.8, 4) is 0 Å². The molecule has 0 spiro atoms. The Labute approximate surface area is 125 Å². The Balaban J connectivity index is 2.86. The van der Waals surface area contributed by atoms with Crippen LogP contribution in [0.5, 0.6) is 0 Å². The van der Waals surface area contributed by atoms with Crippen molar-refractivity contribution < 1.29 is 13.9 Å².